The first-order valence-corrected chi connectivity index (χ1v) is 8.78. The molecule has 0 radical (unpaired) electrons. The van der Waals surface area contributed by atoms with Gasteiger partial charge in [0, 0.05) is 18.3 Å². The van der Waals surface area contributed by atoms with Crippen LogP contribution in [0, 0.1) is 0 Å². The molecule has 0 bridgehead atoms. The predicted molar refractivity (Wildman–Crippen MR) is 106 cm³/mol. The fourth-order valence-electron chi connectivity index (χ4n) is 2.43. The molecule has 27 heavy (non-hydrogen) atoms. The maximum absolute atomic E-state index is 12.9. The molecule has 0 spiro atoms. The molecule has 8 heteroatoms. The van der Waals surface area contributed by atoms with Crippen molar-refractivity contribution < 1.29 is 9.53 Å². The van der Waals surface area contributed by atoms with E-state index in [9.17, 15) is 4.79 Å². The zero-order valence-electron chi connectivity index (χ0n) is 14.4. The molecule has 0 saturated carbocycles. The van der Waals surface area contributed by atoms with Crippen LogP contribution in [0.25, 0.3) is 0 Å². The van der Waals surface area contributed by atoms with Gasteiger partial charge in [-0.15, -0.1) is 0 Å². The monoisotopic (exact) mass is 402 g/mol. The number of aromatic nitrogens is 2. The second kappa shape index (κ2) is 8.70. The van der Waals surface area contributed by atoms with Crippen LogP contribution in [-0.2, 0) is 6.54 Å². The van der Waals surface area contributed by atoms with E-state index < -0.39 is 0 Å². The molecule has 1 heterocycles. The molecule has 6 nitrogen and oxygen atoms in total. The number of hydrogen-bond acceptors (Lipinski definition) is 4. The molecule has 2 aromatic carbocycles. The van der Waals surface area contributed by atoms with Crippen LogP contribution in [0.3, 0.4) is 0 Å². The van der Waals surface area contributed by atoms with Crippen LogP contribution in [0.15, 0.2) is 60.8 Å². The Bertz CT molecular complexity index is 921. The van der Waals surface area contributed by atoms with Crippen molar-refractivity contribution in [2.45, 2.75) is 6.54 Å². The van der Waals surface area contributed by atoms with Gasteiger partial charge in [0.15, 0.2) is 0 Å². The fraction of sp³-hybridized carbons (Fsp3) is 0.105. The Balaban J connectivity index is 1.84. The smallest absolute Gasteiger partial charge is 0.326 e. The Morgan fingerprint density at radius 1 is 1.07 bits per heavy atom. The summed E-state index contributed by atoms with van der Waals surface area (Å²) < 4.78 is 5.18. The zero-order valence-corrected chi connectivity index (χ0v) is 15.9. The number of para-hydroxylation sites is 1. The van der Waals surface area contributed by atoms with Crippen LogP contribution < -0.4 is 15.0 Å². The first kappa shape index (κ1) is 18.9. The van der Waals surface area contributed by atoms with E-state index in [4.69, 9.17) is 27.9 Å². The number of hydrogen-bond donors (Lipinski definition) is 1. The molecule has 0 unspecified atom stereocenters. The van der Waals surface area contributed by atoms with Gasteiger partial charge in [0.2, 0.25) is 5.28 Å². The third-order valence-corrected chi connectivity index (χ3v) is 4.27. The van der Waals surface area contributed by atoms with E-state index in [1.54, 1.807) is 24.1 Å². The lowest BCUT2D eigenvalue weighted by atomic mass is 10.2. The minimum Gasteiger partial charge on any atom is -0.497 e. The highest BCUT2D eigenvalue weighted by atomic mass is 35.5. The molecule has 0 aliphatic carbocycles. The van der Waals surface area contributed by atoms with Gasteiger partial charge in [-0.2, -0.15) is 0 Å². The van der Waals surface area contributed by atoms with Crippen molar-refractivity contribution in [2.24, 2.45) is 0 Å². The van der Waals surface area contributed by atoms with Gasteiger partial charge in [-0.25, -0.2) is 14.8 Å². The summed E-state index contributed by atoms with van der Waals surface area (Å²) in [5.74, 6) is 0.706. The zero-order chi connectivity index (χ0) is 19.2. The van der Waals surface area contributed by atoms with E-state index >= 15 is 0 Å². The third-order valence-electron chi connectivity index (χ3n) is 3.76. The summed E-state index contributed by atoms with van der Waals surface area (Å²) in [5.41, 5.74) is 1.98. The topological polar surface area (TPSA) is 67.3 Å². The van der Waals surface area contributed by atoms with Gasteiger partial charge >= 0.3 is 6.03 Å². The molecule has 3 aromatic rings. The molecule has 0 aliphatic heterocycles. The minimum atomic E-state index is -0.322. The number of benzene rings is 2. The first-order valence-electron chi connectivity index (χ1n) is 8.02. The largest absolute Gasteiger partial charge is 0.497 e. The summed E-state index contributed by atoms with van der Waals surface area (Å²) in [5, 5.41) is 3.09. The first-order chi connectivity index (χ1) is 13.1. The minimum absolute atomic E-state index is 0.0548. The van der Waals surface area contributed by atoms with Crippen molar-refractivity contribution in [3.05, 3.63) is 76.8 Å². The molecule has 0 atom stereocenters. The highest BCUT2D eigenvalue weighted by molar-refractivity contribution is 6.32. The molecular formula is C19H16Cl2N4O2. The third kappa shape index (κ3) is 4.67. The molecule has 1 aromatic heterocycles. The van der Waals surface area contributed by atoms with E-state index in [0.29, 0.717) is 17.0 Å². The van der Waals surface area contributed by atoms with Gasteiger partial charge in [0.05, 0.1) is 18.5 Å². The van der Waals surface area contributed by atoms with E-state index in [2.05, 4.69) is 15.3 Å². The lowest BCUT2D eigenvalue weighted by Gasteiger charge is -2.23. The van der Waals surface area contributed by atoms with Crippen LogP contribution in [0.5, 0.6) is 5.75 Å². The summed E-state index contributed by atoms with van der Waals surface area (Å²) >= 11 is 11.7. The molecule has 1 N–H and O–H groups in total. The number of nitrogens with one attached hydrogen (secondary N) is 1. The number of urea groups is 1. The molecular weight excluding hydrogens is 387 g/mol. The Morgan fingerprint density at radius 3 is 2.37 bits per heavy atom. The highest BCUT2D eigenvalue weighted by Crippen LogP contribution is 2.27. The molecule has 2 amide bonds. The Kier molecular flexibility index (Phi) is 6.11. The van der Waals surface area contributed by atoms with Crippen LogP contribution in [0.4, 0.5) is 16.2 Å². The van der Waals surface area contributed by atoms with E-state index in [1.807, 2.05) is 42.5 Å². The van der Waals surface area contributed by atoms with Crippen molar-refractivity contribution in [2.75, 3.05) is 12.0 Å². The number of methoxy groups -OCH3 is 1. The van der Waals surface area contributed by atoms with E-state index in [1.165, 1.54) is 6.20 Å². The lowest BCUT2D eigenvalue weighted by Crippen LogP contribution is -2.36. The second-order valence-electron chi connectivity index (χ2n) is 5.48. The second-order valence-corrected chi connectivity index (χ2v) is 6.18. The average molecular weight is 403 g/mol. The Labute approximate surface area is 166 Å². The predicted octanol–water partition coefficient (Wildman–Crippen LogP) is 4.84. The van der Waals surface area contributed by atoms with Crippen molar-refractivity contribution in [1.82, 2.24) is 15.3 Å². The van der Waals surface area contributed by atoms with Gasteiger partial charge in [-0.05, 0) is 48.0 Å². The maximum atomic E-state index is 12.9. The standard InChI is InChI=1S/C19H16Cl2N4O2/c1-27-16-9-7-15(8-10-16)25(14-5-3-2-4-6-14)19(26)23-12-13-11-22-18(21)24-17(13)20/h2-11H,12H2,1H3,(H,23,26). The van der Waals surface area contributed by atoms with Crippen LogP contribution in [-0.4, -0.2) is 23.1 Å². The average Bonchev–Trinajstić information content (AvgIpc) is 2.69. The number of anilines is 2. The quantitative estimate of drug-likeness (QED) is 0.489. The fourth-order valence-corrected chi connectivity index (χ4v) is 2.80. The van der Waals surface area contributed by atoms with Crippen molar-refractivity contribution >= 4 is 40.6 Å². The molecule has 138 valence electrons. The van der Waals surface area contributed by atoms with Crippen molar-refractivity contribution in [3.8, 4) is 5.75 Å². The Morgan fingerprint density at radius 2 is 1.74 bits per heavy atom. The van der Waals surface area contributed by atoms with Crippen molar-refractivity contribution in [3.63, 3.8) is 0 Å². The van der Waals surface area contributed by atoms with Gasteiger partial charge < -0.3 is 10.1 Å². The summed E-state index contributed by atoms with van der Waals surface area (Å²) in [6, 6.07) is 16.2. The molecule has 0 fully saturated rings. The van der Waals surface area contributed by atoms with Crippen LogP contribution in [0.1, 0.15) is 5.56 Å². The maximum Gasteiger partial charge on any atom is 0.326 e. The summed E-state index contributed by atoms with van der Waals surface area (Å²) in [4.78, 5) is 22.2. The van der Waals surface area contributed by atoms with E-state index in [0.717, 1.165) is 5.69 Å². The number of rotatable bonds is 5. The molecule has 3 rings (SSSR count). The lowest BCUT2D eigenvalue weighted by molar-refractivity contribution is 0.248. The summed E-state index contributed by atoms with van der Waals surface area (Å²) in [6.07, 6.45) is 1.48. The van der Waals surface area contributed by atoms with E-state index in [-0.39, 0.29) is 23.0 Å². The van der Waals surface area contributed by atoms with Crippen molar-refractivity contribution in [1.29, 1.82) is 0 Å². The number of amides is 2. The Hall–Kier alpha value is -2.83. The van der Waals surface area contributed by atoms with Crippen LogP contribution in [0.2, 0.25) is 10.4 Å². The van der Waals surface area contributed by atoms with Gasteiger partial charge in [-0.3, -0.25) is 4.90 Å². The highest BCUT2D eigenvalue weighted by Gasteiger charge is 2.18. The number of ether oxygens (including phenoxy) is 1. The summed E-state index contributed by atoms with van der Waals surface area (Å²) in [7, 11) is 1.59. The normalized spacial score (nSPS) is 10.3. The van der Waals surface area contributed by atoms with Gasteiger partial charge in [-0.1, -0.05) is 29.8 Å². The number of carbonyl (C=O) groups excluding carboxylic acids is 1. The molecule has 0 saturated heterocycles. The van der Waals surface area contributed by atoms with Gasteiger partial charge in [0.1, 0.15) is 10.9 Å². The number of carbonyl (C=O) groups is 1. The molecule has 0 aliphatic rings. The summed E-state index contributed by atoms with van der Waals surface area (Å²) in [6.45, 7) is 0.161. The number of nitrogens with zero attached hydrogens (tertiary/aromatic N) is 3. The van der Waals surface area contributed by atoms with Gasteiger partial charge in [0.25, 0.3) is 0 Å². The number of halogens is 2. The SMILES string of the molecule is COc1ccc(N(C(=O)NCc2cnc(Cl)nc2Cl)c2ccccc2)cc1. The van der Waals surface area contributed by atoms with Crippen LogP contribution >= 0.6 is 23.2 Å².